The smallest absolute Gasteiger partial charge is 0.329 e. The van der Waals surface area contributed by atoms with E-state index in [1.54, 1.807) is 31.2 Å². The number of fused-ring (bicyclic) bond motifs is 1. The van der Waals surface area contributed by atoms with Gasteiger partial charge < -0.3 is 4.84 Å². The summed E-state index contributed by atoms with van der Waals surface area (Å²) in [5.74, 6) is -2.07. The zero-order valence-electron chi connectivity index (χ0n) is 10.9. The Labute approximate surface area is 111 Å². The molecule has 5 nitrogen and oxygen atoms in total. The minimum Gasteiger partial charge on any atom is -0.329 e. The molecule has 0 saturated carbocycles. The number of carbonyl (C=O) groups excluding carboxylic acids is 3. The molecule has 0 fully saturated rings. The summed E-state index contributed by atoms with van der Waals surface area (Å²) >= 11 is 0. The monoisotopic (exact) mass is 261 g/mol. The Kier molecular flexibility index (Phi) is 3.64. The Balaban J connectivity index is 2.14. The van der Waals surface area contributed by atoms with Crippen molar-refractivity contribution in [2.24, 2.45) is 5.92 Å². The number of hydrogen-bond acceptors (Lipinski definition) is 4. The molecule has 0 bridgehead atoms. The van der Waals surface area contributed by atoms with Gasteiger partial charge in [0.2, 0.25) is 0 Å². The van der Waals surface area contributed by atoms with Crippen LogP contribution >= 0.6 is 0 Å². The number of carbonyl (C=O) groups is 3. The maximum absolute atomic E-state index is 12.0. The summed E-state index contributed by atoms with van der Waals surface area (Å²) in [6, 6.07) is 6.40. The number of benzene rings is 1. The molecule has 0 spiro atoms. The van der Waals surface area contributed by atoms with Crippen LogP contribution in [0, 0.1) is 5.92 Å². The normalized spacial score (nSPS) is 15.4. The molecule has 1 atom stereocenters. The number of hydrogen-bond donors (Lipinski definition) is 0. The standard InChI is InChI=1S/C14H15NO4/c1-3-6-9(2)14(18)19-15-12(16)10-7-4-5-8-11(10)13(15)17/h4-5,7-9H,3,6H2,1-2H3. The molecule has 1 aliphatic rings. The lowest BCUT2D eigenvalue weighted by atomic mass is 10.1. The van der Waals surface area contributed by atoms with Crippen molar-refractivity contribution in [1.82, 2.24) is 5.06 Å². The second-order valence-corrected chi connectivity index (χ2v) is 4.55. The molecule has 2 rings (SSSR count). The fourth-order valence-electron chi connectivity index (χ4n) is 1.98. The molecule has 0 N–H and O–H groups in total. The number of imide groups is 1. The van der Waals surface area contributed by atoms with Gasteiger partial charge in [-0.15, -0.1) is 0 Å². The lowest BCUT2D eigenvalue weighted by Crippen LogP contribution is -2.34. The maximum Gasteiger partial charge on any atom is 0.335 e. The van der Waals surface area contributed by atoms with E-state index in [9.17, 15) is 14.4 Å². The van der Waals surface area contributed by atoms with Crippen LogP contribution in [0.25, 0.3) is 0 Å². The Bertz CT molecular complexity index is 503. The lowest BCUT2D eigenvalue weighted by molar-refractivity contribution is -0.173. The van der Waals surface area contributed by atoms with Crippen LogP contribution in [0.1, 0.15) is 47.4 Å². The summed E-state index contributed by atoms with van der Waals surface area (Å²) in [7, 11) is 0. The summed E-state index contributed by atoms with van der Waals surface area (Å²) < 4.78 is 0. The molecule has 2 amide bonds. The third-order valence-electron chi connectivity index (χ3n) is 3.06. The fraction of sp³-hybridized carbons (Fsp3) is 0.357. The van der Waals surface area contributed by atoms with E-state index < -0.39 is 17.8 Å². The van der Waals surface area contributed by atoms with Gasteiger partial charge in [-0.25, -0.2) is 4.79 Å². The summed E-state index contributed by atoms with van der Waals surface area (Å²) in [5, 5.41) is 0.555. The maximum atomic E-state index is 12.0. The molecule has 1 unspecified atom stereocenters. The summed E-state index contributed by atoms with van der Waals surface area (Å²) in [6.07, 6.45) is 1.49. The number of amides is 2. The highest BCUT2D eigenvalue weighted by molar-refractivity contribution is 6.20. The first kappa shape index (κ1) is 13.3. The molecule has 1 aromatic rings. The number of nitrogens with zero attached hydrogens (tertiary/aromatic N) is 1. The van der Waals surface area contributed by atoms with Gasteiger partial charge in [-0.2, -0.15) is 0 Å². The van der Waals surface area contributed by atoms with Gasteiger partial charge in [0.25, 0.3) is 11.8 Å². The first-order valence-electron chi connectivity index (χ1n) is 6.26. The molecule has 0 radical (unpaired) electrons. The highest BCUT2D eigenvalue weighted by Crippen LogP contribution is 2.23. The Morgan fingerprint density at radius 1 is 1.21 bits per heavy atom. The van der Waals surface area contributed by atoms with Crippen LogP contribution in [0.4, 0.5) is 0 Å². The number of rotatable bonds is 4. The average Bonchev–Trinajstić information content (AvgIpc) is 2.65. The zero-order chi connectivity index (χ0) is 14.0. The van der Waals surface area contributed by atoms with Crippen LogP contribution in [-0.4, -0.2) is 22.8 Å². The van der Waals surface area contributed by atoms with E-state index in [0.29, 0.717) is 11.5 Å². The van der Waals surface area contributed by atoms with E-state index in [4.69, 9.17) is 4.84 Å². The largest absolute Gasteiger partial charge is 0.335 e. The predicted molar refractivity (Wildman–Crippen MR) is 67.1 cm³/mol. The van der Waals surface area contributed by atoms with Crippen LogP contribution in [0.3, 0.4) is 0 Å². The molecular weight excluding hydrogens is 246 g/mol. The van der Waals surface area contributed by atoms with E-state index in [1.165, 1.54) is 0 Å². The van der Waals surface area contributed by atoms with Crippen molar-refractivity contribution >= 4 is 17.8 Å². The van der Waals surface area contributed by atoms with E-state index in [0.717, 1.165) is 6.42 Å². The molecule has 19 heavy (non-hydrogen) atoms. The molecule has 0 aliphatic carbocycles. The van der Waals surface area contributed by atoms with Crippen LogP contribution in [0.15, 0.2) is 24.3 Å². The van der Waals surface area contributed by atoms with Gasteiger partial charge >= 0.3 is 5.97 Å². The molecule has 5 heteroatoms. The van der Waals surface area contributed by atoms with Crippen molar-refractivity contribution in [3.63, 3.8) is 0 Å². The van der Waals surface area contributed by atoms with Crippen LogP contribution in [0.2, 0.25) is 0 Å². The molecule has 100 valence electrons. The van der Waals surface area contributed by atoms with E-state index in [1.807, 2.05) is 6.92 Å². The first-order valence-corrected chi connectivity index (χ1v) is 6.26. The molecule has 0 aromatic heterocycles. The van der Waals surface area contributed by atoms with Gasteiger partial charge in [-0.3, -0.25) is 9.59 Å². The van der Waals surface area contributed by atoms with Crippen molar-refractivity contribution in [3.05, 3.63) is 35.4 Å². The minimum absolute atomic E-state index is 0.267. The van der Waals surface area contributed by atoms with Gasteiger partial charge in [-0.1, -0.05) is 37.5 Å². The Morgan fingerprint density at radius 2 is 1.74 bits per heavy atom. The average molecular weight is 261 g/mol. The Morgan fingerprint density at radius 3 is 2.21 bits per heavy atom. The predicted octanol–water partition coefficient (Wildman–Crippen LogP) is 2.18. The highest BCUT2D eigenvalue weighted by atomic mass is 16.7. The van der Waals surface area contributed by atoms with Crippen molar-refractivity contribution in [2.45, 2.75) is 26.7 Å². The molecule has 1 aromatic carbocycles. The highest BCUT2D eigenvalue weighted by Gasteiger charge is 2.39. The second kappa shape index (κ2) is 5.22. The zero-order valence-corrected chi connectivity index (χ0v) is 10.9. The van der Waals surface area contributed by atoms with Gasteiger partial charge in [0.05, 0.1) is 17.0 Å². The quantitative estimate of drug-likeness (QED) is 0.779. The van der Waals surface area contributed by atoms with Crippen molar-refractivity contribution in [2.75, 3.05) is 0 Å². The summed E-state index contributed by atoms with van der Waals surface area (Å²) in [6.45, 7) is 3.66. The van der Waals surface area contributed by atoms with Gasteiger partial charge in [0.1, 0.15) is 0 Å². The first-order chi connectivity index (χ1) is 9.06. The van der Waals surface area contributed by atoms with Crippen LogP contribution < -0.4 is 0 Å². The van der Waals surface area contributed by atoms with Crippen LogP contribution in [-0.2, 0) is 9.63 Å². The van der Waals surface area contributed by atoms with Crippen molar-refractivity contribution < 1.29 is 19.2 Å². The van der Waals surface area contributed by atoms with Crippen molar-refractivity contribution in [3.8, 4) is 0 Å². The number of hydroxylamine groups is 2. The van der Waals surface area contributed by atoms with E-state index in [-0.39, 0.29) is 17.0 Å². The SMILES string of the molecule is CCCC(C)C(=O)ON1C(=O)c2ccccc2C1=O. The van der Waals surface area contributed by atoms with Crippen molar-refractivity contribution in [1.29, 1.82) is 0 Å². The summed E-state index contributed by atoms with van der Waals surface area (Å²) in [4.78, 5) is 40.6. The molecule has 1 aliphatic heterocycles. The minimum atomic E-state index is -0.586. The fourth-order valence-corrected chi connectivity index (χ4v) is 1.98. The molecule has 0 saturated heterocycles. The van der Waals surface area contributed by atoms with Gasteiger partial charge in [0, 0.05) is 0 Å². The van der Waals surface area contributed by atoms with Gasteiger partial charge in [-0.05, 0) is 18.6 Å². The van der Waals surface area contributed by atoms with E-state index >= 15 is 0 Å². The lowest BCUT2D eigenvalue weighted by Gasteiger charge is -2.15. The second-order valence-electron chi connectivity index (χ2n) is 4.55. The van der Waals surface area contributed by atoms with Gasteiger partial charge in [0.15, 0.2) is 0 Å². The summed E-state index contributed by atoms with van der Waals surface area (Å²) in [5.41, 5.74) is 0.534. The molecule has 1 heterocycles. The topological polar surface area (TPSA) is 63.7 Å². The Hall–Kier alpha value is -2.17. The van der Waals surface area contributed by atoms with Crippen LogP contribution in [0.5, 0.6) is 0 Å². The molecular formula is C14H15NO4. The third kappa shape index (κ3) is 2.36. The van der Waals surface area contributed by atoms with E-state index in [2.05, 4.69) is 0 Å². The third-order valence-corrected chi connectivity index (χ3v) is 3.06.